The molecular formula is C16H15N3O3S2. The zero-order chi connectivity index (χ0) is 17.3. The van der Waals surface area contributed by atoms with Gasteiger partial charge in [0, 0.05) is 28.0 Å². The average Bonchev–Trinajstić information content (AvgIpc) is 2.94. The molecule has 0 amide bonds. The first-order valence-electron chi connectivity index (χ1n) is 7.07. The Hall–Kier alpha value is -2.29. The quantitative estimate of drug-likeness (QED) is 0.687. The van der Waals surface area contributed by atoms with E-state index in [2.05, 4.69) is 15.3 Å². The van der Waals surface area contributed by atoms with Crippen LogP contribution in [0.1, 0.15) is 11.4 Å². The summed E-state index contributed by atoms with van der Waals surface area (Å²) in [5, 5.41) is 5.76. The topological polar surface area (TPSA) is 92.2 Å². The highest BCUT2D eigenvalue weighted by atomic mass is 32.2. The predicted molar refractivity (Wildman–Crippen MR) is 94.4 cm³/mol. The number of thiazole rings is 1. The van der Waals surface area contributed by atoms with Crippen LogP contribution in [0.2, 0.25) is 0 Å². The Labute approximate surface area is 144 Å². The first-order valence-corrected chi connectivity index (χ1v) is 9.39. The van der Waals surface area contributed by atoms with Gasteiger partial charge in [0.2, 0.25) is 0 Å². The summed E-state index contributed by atoms with van der Waals surface area (Å²) in [7, 11) is -4.18. The van der Waals surface area contributed by atoms with Gasteiger partial charge in [-0.25, -0.2) is 4.98 Å². The molecule has 0 aliphatic rings. The van der Waals surface area contributed by atoms with Crippen molar-refractivity contribution in [2.75, 3.05) is 5.32 Å². The number of nitrogens with one attached hydrogen (secondary N) is 1. The number of benzene rings is 1. The number of hydrogen-bond donors (Lipinski definition) is 2. The lowest BCUT2D eigenvalue weighted by molar-refractivity contribution is 0.483. The zero-order valence-electron chi connectivity index (χ0n) is 13.0. The van der Waals surface area contributed by atoms with E-state index in [-0.39, 0.29) is 4.90 Å². The van der Waals surface area contributed by atoms with Crippen molar-refractivity contribution in [3.63, 3.8) is 0 Å². The molecule has 3 rings (SSSR count). The second-order valence-corrected chi connectivity index (χ2v) is 7.58. The minimum absolute atomic E-state index is 0.143. The number of rotatable bonds is 4. The lowest BCUT2D eigenvalue weighted by Crippen LogP contribution is -1.98. The van der Waals surface area contributed by atoms with Crippen LogP contribution in [0.25, 0.3) is 11.3 Å². The van der Waals surface area contributed by atoms with Crippen LogP contribution in [0.3, 0.4) is 0 Å². The van der Waals surface area contributed by atoms with Crippen LogP contribution in [0.4, 0.5) is 10.8 Å². The van der Waals surface area contributed by atoms with Gasteiger partial charge in [0.05, 0.1) is 10.6 Å². The fourth-order valence-corrected chi connectivity index (χ4v) is 3.50. The molecule has 0 aliphatic carbocycles. The van der Waals surface area contributed by atoms with Crippen molar-refractivity contribution in [3.05, 3.63) is 53.2 Å². The molecule has 8 heteroatoms. The summed E-state index contributed by atoms with van der Waals surface area (Å²) in [6.45, 7) is 3.89. The Kier molecular flexibility index (Phi) is 4.35. The van der Waals surface area contributed by atoms with Crippen LogP contribution in [0, 0.1) is 13.8 Å². The van der Waals surface area contributed by atoms with Crippen molar-refractivity contribution in [1.29, 1.82) is 0 Å². The molecule has 0 saturated carbocycles. The van der Waals surface area contributed by atoms with Crippen LogP contribution < -0.4 is 5.32 Å². The van der Waals surface area contributed by atoms with Gasteiger partial charge < -0.3 is 5.32 Å². The molecule has 0 bridgehead atoms. The van der Waals surface area contributed by atoms with Crippen molar-refractivity contribution < 1.29 is 13.0 Å². The third-order valence-electron chi connectivity index (χ3n) is 3.28. The van der Waals surface area contributed by atoms with Gasteiger partial charge in [-0.05, 0) is 50.2 Å². The molecule has 1 aromatic carbocycles. The van der Waals surface area contributed by atoms with E-state index in [1.165, 1.54) is 23.5 Å². The van der Waals surface area contributed by atoms with Crippen molar-refractivity contribution in [3.8, 4) is 11.3 Å². The SMILES string of the molecule is Cc1cc(-c2csc(Nc3ccc(S(=O)(=O)O)cc3)n2)cc(C)n1. The first-order chi connectivity index (χ1) is 11.3. The maximum atomic E-state index is 11.0. The molecule has 0 saturated heterocycles. The van der Waals surface area contributed by atoms with Crippen molar-refractivity contribution in [2.24, 2.45) is 0 Å². The Morgan fingerprint density at radius 2 is 1.67 bits per heavy atom. The van der Waals surface area contributed by atoms with Gasteiger partial charge in [-0.1, -0.05) is 0 Å². The molecule has 3 aromatic rings. The predicted octanol–water partition coefficient (Wildman–Crippen LogP) is 3.81. The lowest BCUT2D eigenvalue weighted by Gasteiger charge is -2.04. The largest absolute Gasteiger partial charge is 0.332 e. The number of aryl methyl sites for hydroxylation is 2. The van der Waals surface area contributed by atoms with Gasteiger partial charge in [0.15, 0.2) is 5.13 Å². The molecule has 2 N–H and O–H groups in total. The van der Waals surface area contributed by atoms with E-state index < -0.39 is 10.1 Å². The van der Waals surface area contributed by atoms with Gasteiger partial charge in [-0.15, -0.1) is 11.3 Å². The summed E-state index contributed by atoms with van der Waals surface area (Å²) < 4.78 is 31.1. The Morgan fingerprint density at radius 3 is 2.25 bits per heavy atom. The molecule has 0 unspecified atom stereocenters. The minimum atomic E-state index is -4.18. The maximum Gasteiger partial charge on any atom is 0.294 e. The van der Waals surface area contributed by atoms with E-state index in [1.54, 1.807) is 12.1 Å². The third kappa shape index (κ3) is 3.78. The van der Waals surface area contributed by atoms with E-state index in [0.29, 0.717) is 10.8 Å². The van der Waals surface area contributed by atoms with Crippen molar-refractivity contribution >= 4 is 32.3 Å². The second kappa shape index (κ2) is 6.31. The van der Waals surface area contributed by atoms with Gasteiger partial charge in [0.25, 0.3) is 10.1 Å². The fraction of sp³-hybridized carbons (Fsp3) is 0.125. The van der Waals surface area contributed by atoms with Crippen molar-refractivity contribution in [1.82, 2.24) is 9.97 Å². The molecule has 0 fully saturated rings. The van der Waals surface area contributed by atoms with Crippen LogP contribution >= 0.6 is 11.3 Å². The highest BCUT2D eigenvalue weighted by Gasteiger charge is 2.10. The molecular weight excluding hydrogens is 346 g/mol. The molecule has 0 radical (unpaired) electrons. The van der Waals surface area contributed by atoms with Crippen LogP contribution in [-0.2, 0) is 10.1 Å². The van der Waals surface area contributed by atoms with E-state index >= 15 is 0 Å². The standard InChI is InChI=1S/C16H15N3O3S2/c1-10-7-12(8-11(2)17-10)15-9-23-16(19-15)18-13-3-5-14(6-4-13)24(20,21)22/h3-9H,1-2H3,(H,18,19)(H,20,21,22). The highest BCUT2D eigenvalue weighted by molar-refractivity contribution is 7.85. The summed E-state index contributed by atoms with van der Waals surface area (Å²) in [5.74, 6) is 0. The molecule has 0 aliphatic heterocycles. The maximum absolute atomic E-state index is 11.0. The number of pyridine rings is 1. The van der Waals surface area contributed by atoms with Crippen LogP contribution in [-0.4, -0.2) is 22.9 Å². The summed E-state index contributed by atoms with van der Waals surface area (Å²) in [6, 6.07) is 9.78. The molecule has 6 nitrogen and oxygen atoms in total. The van der Waals surface area contributed by atoms with E-state index in [4.69, 9.17) is 4.55 Å². The summed E-state index contributed by atoms with van der Waals surface area (Å²) >= 11 is 1.45. The minimum Gasteiger partial charge on any atom is -0.332 e. The monoisotopic (exact) mass is 361 g/mol. The van der Waals surface area contributed by atoms with Gasteiger partial charge in [-0.3, -0.25) is 9.54 Å². The van der Waals surface area contributed by atoms with Crippen LogP contribution in [0.15, 0.2) is 46.7 Å². The summed E-state index contributed by atoms with van der Waals surface area (Å²) in [5.41, 5.74) is 4.42. The summed E-state index contributed by atoms with van der Waals surface area (Å²) in [6.07, 6.45) is 0. The van der Waals surface area contributed by atoms with Crippen LogP contribution in [0.5, 0.6) is 0 Å². The second-order valence-electron chi connectivity index (χ2n) is 5.30. The number of aromatic nitrogens is 2. The molecule has 0 atom stereocenters. The fourth-order valence-electron chi connectivity index (χ4n) is 2.28. The Balaban J connectivity index is 1.81. The summed E-state index contributed by atoms with van der Waals surface area (Å²) in [4.78, 5) is 8.75. The Bertz CT molecular complexity index is 960. The first kappa shape index (κ1) is 16.6. The highest BCUT2D eigenvalue weighted by Crippen LogP contribution is 2.28. The third-order valence-corrected chi connectivity index (χ3v) is 4.91. The van der Waals surface area contributed by atoms with Crippen molar-refractivity contribution in [2.45, 2.75) is 18.7 Å². The van der Waals surface area contributed by atoms with E-state index in [0.717, 1.165) is 22.6 Å². The molecule has 2 heterocycles. The molecule has 0 spiro atoms. The van der Waals surface area contributed by atoms with Gasteiger partial charge >= 0.3 is 0 Å². The normalized spacial score (nSPS) is 11.5. The number of anilines is 2. The molecule has 2 aromatic heterocycles. The number of nitrogens with zero attached hydrogens (tertiary/aromatic N) is 2. The average molecular weight is 361 g/mol. The molecule has 24 heavy (non-hydrogen) atoms. The lowest BCUT2D eigenvalue weighted by atomic mass is 10.1. The van der Waals surface area contributed by atoms with E-state index in [9.17, 15) is 8.42 Å². The van der Waals surface area contributed by atoms with Gasteiger partial charge in [0.1, 0.15) is 0 Å². The zero-order valence-corrected chi connectivity index (χ0v) is 14.6. The Morgan fingerprint density at radius 1 is 1.04 bits per heavy atom. The smallest absolute Gasteiger partial charge is 0.294 e. The molecule has 124 valence electrons. The number of hydrogen-bond acceptors (Lipinski definition) is 6. The van der Waals surface area contributed by atoms with E-state index in [1.807, 2.05) is 31.4 Å². The van der Waals surface area contributed by atoms with Gasteiger partial charge in [-0.2, -0.15) is 8.42 Å².